The Morgan fingerprint density at radius 3 is 2.29 bits per heavy atom. The van der Waals surface area contributed by atoms with Crippen molar-refractivity contribution in [2.45, 2.75) is 24.8 Å². The topological polar surface area (TPSA) is 114 Å². The van der Waals surface area contributed by atoms with Crippen LogP contribution in [-0.4, -0.2) is 67.5 Å². The Balaban J connectivity index is 1.32. The van der Waals surface area contributed by atoms with Crippen molar-refractivity contribution in [3.63, 3.8) is 0 Å². The molecule has 182 valence electrons. The third-order valence-corrected chi connectivity index (χ3v) is 6.22. The normalized spacial score (nSPS) is 13.0. The van der Waals surface area contributed by atoms with Crippen LogP contribution in [0.15, 0.2) is 48.5 Å². The molecule has 1 aliphatic rings. The molecule has 0 fully saturated rings. The van der Waals surface area contributed by atoms with Crippen LogP contribution in [0, 0.1) is 0 Å². The Morgan fingerprint density at radius 2 is 1.68 bits per heavy atom. The van der Waals surface area contributed by atoms with Crippen molar-refractivity contribution in [3.05, 3.63) is 59.7 Å². The van der Waals surface area contributed by atoms with E-state index in [-0.39, 0.29) is 44.6 Å². The molecule has 1 aliphatic carbocycles. The number of carboxylic acid groups (broad SMARTS) is 1. The predicted molar refractivity (Wildman–Crippen MR) is 131 cm³/mol. The van der Waals surface area contributed by atoms with Crippen LogP contribution in [0.5, 0.6) is 0 Å². The van der Waals surface area contributed by atoms with Crippen LogP contribution in [0.25, 0.3) is 11.1 Å². The standard InChI is InChI=1S/C25H30N2O6S/c1-34-15-11-22(24(29)30)27-23(28)10-13-32-14-12-26-25(31)33-16-21-19-8-4-2-6-17(19)18-7-3-5-9-20(18)21/h2-9,21-22H,10-16H2,1H3,(H,26,31)(H,27,28)(H,29,30)/t22-/m1/s1. The number of carboxylic acids is 1. The van der Waals surface area contributed by atoms with Crippen LogP contribution in [0.1, 0.15) is 29.9 Å². The van der Waals surface area contributed by atoms with Gasteiger partial charge in [-0.05, 0) is 40.7 Å². The summed E-state index contributed by atoms with van der Waals surface area (Å²) in [6.07, 6.45) is 1.77. The van der Waals surface area contributed by atoms with Crippen LogP contribution in [0.4, 0.5) is 4.79 Å². The molecule has 9 heteroatoms. The number of hydrogen-bond donors (Lipinski definition) is 3. The van der Waals surface area contributed by atoms with Crippen molar-refractivity contribution < 1.29 is 29.0 Å². The first-order valence-corrected chi connectivity index (χ1v) is 12.6. The van der Waals surface area contributed by atoms with Gasteiger partial charge in [-0.3, -0.25) is 4.79 Å². The molecular weight excluding hydrogens is 456 g/mol. The van der Waals surface area contributed by atoms with E-state index >= 15 is 0 Å². The van der Waals surface area contributed by atoms with Gasteiger partial charge < -0.3 is 25.2 Å². The number of rotatable bonds is 13. The van der Waals surface area contributed by atoms with Gasteiger partial charge in [0.15, 0.2) is 0 Å². The van der Waals surface area contributed by atoms with Crippen LogP contribution < -0.4 is 10.6 Å². The zero-order chi connectivity index (χ0) is 24.3. The van der Waals surface area contributed by atoms with Gasteiger partial charge in [0.05, 0.1) is 13.2 Å². The Hall–Kier alpha value is -3.04. The summed E-state index contributed by atoms with van der Waals surface area (Å²) in [6.45, 7) is 0.825. The van der Waals surface area contributed by atoms with Gasteiger partial charge in [0.1, 0.15) is 12.6 Å². The summed E-state index contributed by atoms with van der Waals surface area (Å²) in [5, 5.41) is 14.3. The van der Waals surface area contributed by atoms with E-state index in [4.69, 9.17) is 14.6 Å². The summed E-state index contributed by atoms with van der Waals surface area (Å²) >= 11 is 1.52. The smallest absolute Gasteiger partial charge is 0.407 e. The van der Waals surface area contributed by atoms with Crippen molar-refractivity contribution in [1.82, 2.24) is 10.6 Å². The molecule has 8 nitrogen and oxygen atoms in total. The quantitative estimate of drug-likeness (QED) is 0.373. The molecule has 0 heterocycles. The molecule has 3 N–H and O–H groups in total. The second-order valence-corrected chi connectivity index (χ2v) is 8.84. The summed E-state index contributed by atoms with van der Waals surface area (Å²) in [5.74, 6) is -0.776. The van der Waals surface area contributed by atoms with E-state index in [9.17, 15) is 14.4 Å². The first-order valence-electron chi connectivity index (χ1n) is 11.2. The van der Waals surface area contributed by atoms with Gasteiger partial charge in [-0.15, -0.1) is 0 Å². The lowest BCUT2D eigenvalue weighted by Crippen LogP contribution is -2.41. The summed E-state index contributed by atoms with van der Waals surface area (Å²) < 4.78 is 10.8. The van der Waals surface area contributed by atoms with Gasteiger partial charge in [0.2, 0.25) is 5.91 Å². The first-order chi connectivity index (χ1) is 16.5. The molecule has 3 rings (SSSR count). The highest BCUT2D eigenvalue weighted by Crippen LogP contribution is 2.44. The Bertz CT molecular complexity index is 953. The molecule has 0 aromatic heterocycles. The molecule has 2 aromatic rings. The minimum atomic E-state index is -1.05. The number of nitrogens with one attached hydrogen (secondary N) is 2. The highest BCUT2D eigenvalue weighted by Gasteiger charge is 2.29. The van der Waals surface area contributed by atoms with Gasteiger partial charge in [0, 0.05) is 18.9 Å². The summed E-state index contributed by atoms with van der Waals surface area (Å²) in [6, 6.07) is 15.4. The second kappa shape index (κ2) is 13.0. The molecule has 34 heavy (non-hydrogen) atoms. The summed E-state index contributed by atoms with van der Waals surface area (Å²) in [7, 11) is 0. The minimum Gasteiger partial charge on any atom is -0.480 e. The first kappa shape index (κ1) is 25.6. The van der Waals surface area contributed by atoms with Gasteiger partial charge in [-0.2, -0.15) is 11.8 Å². The molecule has 2 amide bonds. The SMILES string of the molecule is CSCC[C@@H](NC(=O)CCOCCNC(=O)OCC1c2ccccc2-c2ccccc21)C(=O)O. The lowest BCUT2D eigenvalue weighted by atomic mass is 9.98. The second-order valence-electron chi connectivity index (χ2n) is 7.85. The lowest BCUT2D eigenvalue weighted by Gasteiger charge is -2.15. The maximum absolute atomic E-state index is 12.1. The summed E-state index contributed by atoms with van der Waals surface area (Å²) in [5.41, 5.74) is 4.64. The number of hydrogen-bond acceptors (Lipinski definition) is 6. The maximum atomic E-state index is 12.1. The third kappa shape index (κ3) is 6.98. The number of amides is 2. The molecule has 2 aromatic carbocycles. The molecule has 0 radical (unpaired) electrons. The van der Waals surface area contributed by atoms with Crippen molar-refractivity contribution >= 4 is 29.7 Å². The van der Waals surface area contributed by atoms with Crippen molar-refractivity contribution in [1.29, 1.82) is 0 Å². The molecule has 0 spiro atoms. The van der Waals surface area contributed by atoms with Gasteiger partial charge >= 0.3 is 12.1 Å². The number of thioether (sulfide) groups is 1. The molecular formula is C25H30N2O6S. The zero-order valence-electron chi connectivity index (χ0n) is 19.1. The van der Waals surface area contributed by atoms with E-state index in [2.05, 4.69) is 34.9 Å². The molecule has 1 atom stereocenters. The van der Waals surface area contributed by atoms with Crippen LogP contribution in [-0.2, 0) is 19.1 Å². The van der Waals surface area contributed by atoms with E-state index in [1.54, 1.807) is 0 Å². The number of aliphatic carboxylic acids is 1. The third-order valence-electron chi connectivity index (χ3n) is 5.58. The minimum absolute atomic E-state index is 0.00143. The van der Waals surface area contributed by atoms with Crippen molar-refractivity contribution in [3.8, 4) is 11.1 Å². The highest BCUT2D eigenvalue weighted by molar-refractivity contribution is 7.98. The monoisotopic (exact) mass is 486 g/mol. The van der Waals surface area contributed by atoms with Crippen LogP contribution in [0.3, 0.4) is 0 Å². The van der Waals surface area contributed by atoms with Crippen molar-refractivity contribution in [2.75, 3.05) is 38.4 Å². The number of carbonyl (C=O) groups excluding carboxylic acids is 2. The largest absolute Gasteiger partial charge is 0.480 e. The van der Waals surface area contributed by atoms with Crippen molar-refractivity contribution in [2.24, 2.45) is 0 Å². The number of ether oxygens (including phenoxy) is 2. The van der Waals surface area contributed by atoms with Gasteiger partial charge in [-0.25, -0.2) is 9.59 Å². The van der Waals surface area contributed by atoms with Crippen LogP contribution in [0.2, 0.25) is 0 Å². The number of benzene rings is 2. The fourth-order valence-electron chi connectivity index (χ4n) is 3.90. The molecule has 0 aliphatic heterocycles. The van der Waals surface area contributed by atoms with E-state index < -0.39 is 18.1 Å². The fraction of sp³-hybridized carbons (Fsp3) is 0.400. The maximum Gasteiger partial charge on any atom is 0.407 e. The Morgan fingerprint density at radius 1 is 1.03 bits per heavy atom. The van der Waals surface area contributed by atoms with Gasteiger partial charge in [-0.1, -0.05) is 48.5 Å². The molecule has 0 saturated carbocycles. The predicted octanol–water partition coefficient (Wildman–Crippen LogP) is 3.25. The molecule has 0 unspecified atom stereocenters. The number of fused-ring (bicyclic) bond motifs is 3. The Kier molecular flexibility index (Phi) is 9.78. The number of carbonyl (C=O) groups is 3. The van der Waals surface area contributed by atoms with E-state index in [0.29, 0.717) is 12.2 Å². The number of alkyl carbamates (subject to hydrolysis) is 1. The zero-order valence-corrected chi connectivity index (χ0v) is 19.9. The van der Waals surface area contributed by atoms with E-state index in [0.717, 1.165) is 11.1 Å². The average Bonchev–Trinajstić information content (AvgIpc) is 3.16. The van der Waals surface area contributed by atoms with Crippen LogP contribution >= 0.6 is 11.8 Å². The lowest BCUT2D eigenvalue weighted by molar-refractivity contribution is -0.142. The van der Waals surface area contributed by atoms with Gasteiger partial charge in [0.25, 0.3) is 0 Å². The molecule has 0 bridgehead atoms. The summed E-state index contributed by atoms with van der Waals surface area (Å²) in [4.78, 5) is 35.2. The fourth-order valence-corrected chi connectivity index (χ4v) is 4.37. The average molecular weight is 487 g/mol. The Labute approximate surface area is 203 Å². The van der Waals surface area contributed by atoms with E-state index in [1.165, 1.54) is 22.9 Å². The highest BCUT2D eigenvalue weighted by atomic mass is 32.2. The molecule has 0 saturated heterocycles. The van der Waals surface area contributed by atoms with E-state index in [1.807, 2.05) is 30.5 Å².